The van der Waals surface area contributed by atoms with Crippen LogP contribution in [0.2, 0.25) is 0 Å². The highest BCUT2D eigenvalue weighted by Crippen LogP contribution is 2.28. The molecular weight excluding hydrogens is 212 g/mol. The second-order valence-electron chi connectivity index (χ2n) is 4.71. The van der Waals surface area contributed by atoms with Crippen molar-refractivity contribution >= 4 is 16.8 Å². The lowest BCUT2D eigenvalue weighted by molar-refractivity contribution is -0.116. The van der Waals surface area contributed by atoms with Gasteiger partial charge in [0.2, 0.25) is 0 Å². The highest BCUT2D eigenvalue weighted by Gasteiger charge is 2.11. The van der Waals surface area contributed by atoms with Crippen LogP contribution in [0.15, 0.2) is 28.9 Å². The molecule has 1 heterocycles. The molecule has 2 nitrogen and oxygen atoms in total. The van der Waals surface area contributed by atoms with Gasteiger partial charge in [0.05, 0.1) is 6.26 Å². The first-order valence-corrected chi connectivity index (χ1v) is 6.11. The molecule has 0 N–H and O–H groups in total. The van der Waals surface area contributed by atoms with Gasteiger partial charge < -0.3 is 4.42 Å². The Morgan fingerprint density at radius 3 is 2.82 bits per heavy atom. The summed E-state index contributed by atoms with van der Waals surface area (Å²) in [5, 5.41) is 1.10. The number of rotatable bonds is 4. The third-order valence-electron chi connectivity index (χ3n) is 3.27. The number of carbonyl (C=O) groups excluding carboxylic acids is 1. The predicted octanol–water partition coefficient (Wildman–Crippen LogP) is 4.08. The van der Waals surface area contributed by atoms with E-state index in [0.29, 0.717) is 12.3 Å². The van der Waals surface area contributed by atoms with E-state index in [4.69, 9.17) is 4.42 Å². The molecule has 1 unspecified atom stereocenters. The average molecular weight is 230 g/mol. The number of fused-ring (bicyclic) bond motifs is 1. The van der Waals surface area contributed by atoms with Crippen LogP contribution < -0.4 is 0 Å². The molecule has 1 aromatic carbocycles. The van der Waals surface area contributed by atoms with E-state index in [1.54, 1.807) is 13.2 Å². The number of ketones is 1. The molecule has 1 aromatic heterocycles. The molecular formula is C15H18O2. The van der Waals surface area contributed by atoms with Gasteiger partial charge >= 0.3 is 0 Å². The quantitative estimate of drug-likeness (QED) is 0.792. The van der Waals surface area contributed by atoms with Crippen LogP contribution in [0.3, 0.4) is 0 Å². The minimum absolute atomic E-state index is 0.170. The Hall–Kier alpha value is -1.57. The molecule has 0 saturated heterocycles. The molecule has 2 heteroatoms. The maximum Gasteiger partial charge on any atom is 0.137 e. The number of furan rings is 1. The predicted molar refractivity (Wildman–Crippen MR) is 69.3 cm³/mol. The zero-order valence-electron chi connectivity index (χ0n) is 10.6. The van der Waals surface area contributed by atoms with E-state index < -0.39 is 0 Å². The fourth-order valence-corrected chi connectivity index (χ4v) is 2.10. The van der Waals surface area contributed by atoms with Gasteiger partial charge in [-0.25, -0.2) is 0 Å². The molecule has 17 heavy (non-hydrogen) atoms. The lowest BCUT2D eigenvalue weighted by Crippen LogP contribution is -1.99. The van der Waals surface area contributed by atoms with Crippen LogP contribution in [0.25, 0.3) is 11.0 Å². The van der Waals surface area contributed by atoms with Gasteiger partial charge in [-0.1, -0.05) is 19.9 Å². The van der Waals surface area contributed by atoms with E-state index in [9.17, 15) is 4.79 Å². The normalized spacial score (nSPS) is 12.9. The zero-order valence-corrected chi connectivity index (χ0v) is 10.6. The van der Waals surface area contributed by atoms with Crippen LogP contribution in [0.1, 0.15) is 44.2 Å². The van der Waals surface area contributed by atoms with Crippen molar-refractivity contribution in [3.63, 3.8) is 0 Å². The number of carbonyl (C=O) groups is 1. The summed E-state index contributed by atoms with van der Waals surface area (Å²) >= 11 is 0. The van der Waals surface area contributed by atoms with E-state index in [0.717, 1.165) is 23.0 Å². The van der Waals surface area contributed by atoms with Gasteiger partial charge in [-0.15, -0.1) is 0 Å². The van der Waals surface area contributed by atoms with Crippen LogP contribution in [-0.4, -0.2) is 5.78 Å². The van der Waals surface area contributed by atoms with Crippen molar-refractivity contribution in [3.8, 4) is 0 Å². The monoisotopic (exact) mass is 230 g/mol. The second kappa shape index (κ2) is 4.74. The molecule has 0 aliphatic rings. The largest absolute Gasteiger partial charge is 0.464 e. The molecule has 0 fully saturated rings. The van der Waals surface area contributed by atoms with Crippen molar-refractivity contribution < 1.29 is 9.21 Å². The Morgan fingerprint density at radius 1 is 1.41 bits per heavy atom. The van der Waals surface area contributed by atoms with Gasteiger partial charge in [-0.2, -0.15) is 0 Å². The topological polar surface area (TPSA) is 30.2 Å². The number of hydrogen-bond donors (Lipinski definition) is 0. The molecule has 1 atom stereocenters. The number of benzene rings is 1. The first-order chi connectivity index (χ1) is 8.11. The Kier molecular flexibility index (Phi) is 3.32. The second-order valence-corrected chi connectivity index (χ2v) is 4.71. The van der Waals surface area contributed by atoms with Crippen molar-refractivity contribution in [1.29, 1.82) is 0 Å². The molecule has 0 aliphatic carbocycles. The summed E-state index contributed by atoms with van der Waals surface area (Å²) in [6, 6.07) is 6.24. The van der Waals surface area contributed by atoms with Crippen molar-refractivity contribution in [2.75, 3.05) is 0 Å². The summed E-state index contributed by atoms with van der Waals surface area (Å²) in [5.74, 6) is 0.684. The summed E-state index contributed by atoms with van der Waals surface area (Å²) < 4.78 is 5.47. The Morgan fingerprint density at radius 2 is 2.18 bits per heavy atom. The van der Waals surface area contributed by atoms with Crippen molar-refractivity contribution in [3.05, 3.63) is 35.6 Å². The lowest BCUT2D eigenvalue weighted by atomic mass is 9.94. The molecule has 0 saturated carbocycles. The summed E-state index contributed by atoms with van der Waals surface area (Å²) in [6.07, 6.45) is 3.24. The molecule has 0 spiro atoms. The van der Waals surface area contributed by atoms with Gasteiger partial charge in [-0.3, -0.25) is 4.79 Å². The Balaban J connectivity index is 2.54. The van der Waals surface area contributed by atoms with Crippen LogP contribution in [0, 0.1) is 0 Å². The number of hydrogen-bond acceptors (Lipinski definition) is 2. The standard InChI is InChI=1S/C15H18O2/c1-4-10(2)13-8-12-5-6-17-15(12)14(9-13)7-11(3)16/h5-6,8-10H,4,7H2,1-3H3. The zero-order chi connectivity index (χ0) is 12.4. The first-order valence-electron chi connectivity index (χ1n) is 6.11. The summed E-state index contributed by atoms with van der Waals surface area (Å²) in [7, 11) is 0. The van der Waals surface area contributed by atoms with Crippen molar-refractivity contribution in [1.82, 2.24) is 0 Å². The molecule has 0 amide bonds. The fraction of sp³-hybridized carbons (Fsp3) is 0.400. The van der Waals surface area contributed by atoms with E-state index in [-0.39, 0.29) is 5.78 Å². The summed E-state index contributed by atoms with van der Waals surface area (Å²) in [4.78, 5) is 11.3. The van der Waals surface area contributed by atoms with E-state index in [1.165, 1.54) is 5.56 Å². The van der Waals surface area contributed by atoms with Gasteiger partial charge in [0.15, 0.2) is 0 Å². The van der Waals surface area contributed by atoms with Crippen LogP contribution >= 0.6 is 0 Å². The van der Waals surface area contributed by atoms with Crippen molar-refractivity contribution in [2.24, 2.45) is 0 Å². The summed E-state index contributed by atoms with van der Waals surface area (Å²) in [6.45, 7) is 6.00. The third-order valence-corrected chi connectivity index (χ3v) is 3.27. The number of Topliss-reactive ketones (excluding diaryl/α,β-unsaturated/α-hetero) is 1. The minimum atomic E-state index is 0.170. The maximum absolute atomic E-state index is 11.3. The van der Waals surface area contributed by atoms with Crippen LogP contribution in [0.4, 0.5) is 0 Å². The molecule has 90 valence electrons. The summed E-state index contributed by atoms with van der Waals surface area (Å²) in [5.41, 5.74) is 3.15. The average Bonchev–Trinajstić information content (AvgIpc) is 2.75. The van der Waals surface area contributed by atoms with Crippen molar-refractivity contribution in [2.45, 2.75) is 39.5 Å². The Labute approximate surface area is 102 Å². The Bertz CT molecular complexity index is 537. The highest BCUT2D eigenvalue weighted by atomic mass is 16.3. The molecule has 2 aromatic rings. The SMILES string of the molecule is CCC(C)c1cc(CC(C)=O)c2occc2c1. The van der Waals surface area contributed by atoms with E-state index in [1.807, 2.05) is 6.07 Å². The van der Waals surface area contributed by atoms with E-state index in [2.05, 4.69) is 26.0 Å². The highest BCUT2D eigenvalue weighted by molar-refractivity contribution is 5.87. The van der Waals surface area contributed by atoms with Crippen LogP contribution in [0.5, 0.6) is 0 Å². The maximum atomic E-state index is 11.3. The van der Waals surface area contributed by atoms with Gasteiger partial charge in [0.1, 0.15) is 11.4 Å². The molecule has 0 aliphatic heterocycles. The van der Waals surface area contributed by atoms with Gasteiger partial charge in [0.25, 0.3) is 0 Å². The van der Waals surface area contributed by atoms with Crippen LogP contribution in [-0.2, 0) is 11.2 Å². The smallest absolute Gasteiger partial charge is 0.137 e. The van der Waals surface area contributed by atoms with E-state index >= 15 is 0 Å². The molecule has 0 bridgehead atoms. The minimum Gasteiger partial charge on any atom is -0.464 e. The third kappa shape index (κ3) is 2.41. The van der Waals surface area contributed by atoms with Gasteiger partial charge in [-0.05, 0) is 37.0 Å². The fourth-order valence-electron chi connectivity index (χ4n) is 2.10. The molecule has 0 radical (unpaired) electrons. The van der Waals surface area contributed by atoms with Gasteiger partial charge in [0, 0.05) is 17.4 Å². The lowest BCUT2D eigenvalue weighted by Gasteiger charge is -2.11. The molecule has 2 rings (SSSR count). The first kappa shape index (κ1) is 11.9.